The second-order valence-corrected chi connectivity index (χ2v) is 11.8. The van der Waals surface area contributed by atoms with E-state index >= 15 is 0 Å². The normalized spacial score (nSPS) is 19.0. The molecule has 0 spiro atoms. The van der Waals surface area contributed by atoms with Crippen LogP contribution in [0.1, 0.15) is 26.2 Å². The summed E-state index contributed by atoms with van der Waals surface area (Å²) in [5.74, 6) is 0. The lowest BCUT2D eigenvalue weighted by Gasteiger charge is -2.27. The van der Waals surface area contributed by atoms with Gasteiger partial charge < -0.3 is 4.57 Å². The van der Waals surface area contributed by atoms with Gasteiger partial charge in [-0.25, -0.2) is 0 Å². The zero-order valence-electron chi connectivity index (χ0n) is 17.4. The molecule has 0 fully saturated rings. The molecule has 0 aromatic heterocycles. The molecule has 0 saturated heterocycles. The summed E-state index contributed by atoms with van der Waals surface area (Å²) in [5.41, 5.74) is 0.156. The molecular weight excluding hydrogens is 383 g/mol. The van der Waals surface area contributed by atoms with Gasteiger partial charge >= 0.3 is 0 Å². The van der Waals surface area contributed by atoms with Crippen molar-refractivity contribution in [1.82, 2.24) is 0 Å². The zero-order chi connectivity index (χ0) is 20.6. The van der Waals surface area contributed by atoms with Crippen molar-refractivity contribution in [3.05, 3.63) is 97.1 Å². The van der Waals surface area contributed by atoms with Gasteiger partial charge in [-0.15, -0.1) is 0 Å². The van der Waals surface area contributed by atoms with E-state index in [0.717, 1.165) is 40.6 Å². The minimum Gasteiger partial charge on any atom is -0.314 e. The lowest BCUT2D eigenvalue weighted by Crippen LogP contribution is -2.22. The van der Waals surface area contributed by atoms with Crippen molar-refractivity contribution in [3.63, 3.8) is 0 Å². The van der Waals surface area contributed by atoms with Crippen molar-refractivity contribution in [2.75, 3.05) is 6.16 Å². The molecule has 4 aromatic carbocycles. The first-order chi connectivity index (χ1) is 14.6. The molecule has 1 unspecified atom stereocenters. The third-order valence-electron chi connectivity index (χ3n) is 6.70. The van der Waals surface area contributed by atoms with Gasteiger partial charge in [0.25, 0.3) is 0 Å². The first-order valence-corrected chi connectivity index (χ1v) is 12.7. The molecule has 5 rings (SSSR count). The fourth-order valence-electron chi connectivity index (χ4n) is 4.70. The van der Waals surface area contributed by atoms with Crippen molar-refractivity contribution in [1.29, 1.82) is 0 Å². The maximum absolute atomic E-state index is 14.8. The maximum Gasteiger partial charge on any atom is 0.143 e. The quantitative estimate of drug-likeness (QED) is 0.254. The van der Waals surface area contributed by atoms with Crippen LogP contribution in [-0.4, -0.2) is 6.16 Å². The molecule has 0 amide bonds. The fourth-order valence-corrected chi connectivity index (χ4v) is 7.66. The monoisotopic (exact) mass is 410 g/mol. The Morgan fingerprint density at radius 2 is 1.30 bits per heavy atom. The Labute approximate surface area is 178 Å². The molecule has 150 valence electrons. The van der Waals surface area contributed by atoms with Crippen LogP contribution in [0.3, 0.4) is 0 Å². The average Bonchev–Trinajstić information content (AvgIpc) is 3.23. The van der Waals surface area contributed by atoms with Gasteiger partial charge in [0.2, 0.25) is 0 Å². The standard InChI is InChI=1S/C28H27OP/c1-28(16-6-7-17-28)18-19-30(29,26-14-12-22-8-2-4-10-24(22)20-26)27-15-13-23-9-3-5-11-25(23)21-27/h2-6,8-16,20-21H,7,17-19H2,1H3. The van der Waals surface area contributed by atoms with Crippen molar-refractivity contribution in [3.8, 4) is 0 Å². The van der Waals surface area contributed by atoms with Gasteiger partial charge in [0.05, 0.1) is 0 Å². The highest BCUT2D eigenvalue weighted by Crippen LogP contribution is 2.48. The van der Waals surface area contributed by atoms with Crippen LogP contribution in [-0.2, 0) is 4.57 Å². The summed E-state index contributed by atoms with van der Waals surface area (Å²) in [6, 6.07) is 29.4. The molecule has 4 aromatic rings. The van der Waals surface area contributed by atoms with E-state index in [9.17, 15) is 4.57 Å². The molecule has 0 aliphatic heterocycles. The molecule has 1 aliphatic carbocycles. The summed E-state index contributed by atoms with van der Waals surface area (Å²) in [6.45, 7) is 2.31. The second-order valence-electron chi connectivity index (χ2n) is 8.87. The Balaban J connectivity index is 1.63. The Morgan fingerprint density at radius 3 is 1.80 bits per heavy atom. The number of allylic oxidation sites excluding steroid dienone is 2. The van der Waals surface area contributed by atoms with Crippen molar-refractivity contribution in [2.45, 2.75) is 26.2 Å². The number of benzene rings is 4. The van der Waals surface area contributed by atoms with Crippen molar-refractivity contribution >= 4 is 39.3 Å². The minimum atomic E-state index is -2.76. The predicted octanol–water partition coefficient (Wildman–Crippen LogP) is 7.05. The van der Waals surface area contributed by atoms with Gasteiger partial charge in [0.1, 0.15) is 7.14 Å². The first-order valence-electron chi connectivity index (χ1n) is 10.8. The zero-order valence-corrected chi connectivity index (χ0v) is 18.3. The van der Waals surface area contributed by atoms with Crippen LogP contribution in [0.25, 0.3) is 21.5 Å². The van der Waals surface area contributed by atoms with Crippen LogP contribution in [0.2, 0.25) is 0 Å². The summed E-state index contributed by atoms with van der Waals surface area (Å²) < 4.78 is 14.8. The van der Waals surface area contributed by atoms with E-state index in [2.05, 4.69) is 104 Å². The minimum absolute atomic E-state index is 0.156. The second kappa shape index (κ2) is 7.56. The highest BCUT2D eigenvalue weighted by atomic mass is 31.2. The van der Waals surface area contributed by atoms with Gasteiger partial charge in [0.15, 0.2) is 0 Å². The van der Waals surface area contributed by atoms with Gasteiger partial charge in [-0.05, 0) is 58.4 Å². The molecule has 0 radical (unpaired) electrons. The van der Waals surface area contributed by atoms with Gasteiger partial charge in [-0.1, -0.05) is 91.9 Å². The van der Waals surface area contributed by atoms with Gasteiger partial charge in [-0.3, -0.25) is 0 Å². The Hall–Kier alpha value is -2.63. The van der Waals surface area contributed by atoms with Crippen molar-refractivity contribution in [2.24, 2.45) is 5.41 Å². The number of hydrogen-bond donors (Lipinski definition) is 0. The van der Waals surface area contributed by atoms with Crippen LogP contribution < -0.4 is 10.6 Å². The van der Waals surface area contributed by atoms with E-state index in [1.807, 2.05) is 0 Å². The predicted molar refractivity (Wildman–Crippen MR) is 131 cm³/mol. The maximum atomic E-state index is 14.8. The van der Waals surface area contributed by atoms with E-state index < -0.39 is 7.14 Å². The molecule has 1 nitrogen and oxygen atoms in total. The summed E-state index contributed by atoms with van der Waals surface area (Å²) in [5, 5.41) is 6.64. The highest BCUT2D eigenvalue weighted by molar-refractivity contribution is 7.78. The Kier molecular flexibility index (Phi) is 4.88. The topological polar surface area (TPSA) is 17.1 Å². The molecule has 0 bridgehead atoms. The molecule has 1 atom stereocenters. The average molecular weight is 410 g/mol. The molecule has 30 heavy (non-hydrogen) atoms. The van der Waals surface area contributed by atoms with Crippen LogP contribution >= 0.6 is 7.14 Å². The molecule has 0 N–H and O–H groups in total. The van der Waals surface area contributed by atoms with E-state index in [1.54, 1.807) is 0 Å². The van der Waals surface area contributed by atoms with E-state index in [-0.39, 0.29) is 5.41 Å². The summed E-state index contributed by atoms with van der Waals surface area (Å²) in [6.07, 6.45) is 8.54. The molecule has 2 heteroatoms. The fraction of sp³-hybridized carbons (Fsp3) is 0.214. The van der Waals surface area contributed by atoms with Gasteiger partial charge in [-0.2, -0.15) is 0 Å². The molecule has 0 saturated carbocycles. The third-order valence-corrected chi connectivity index (χ3v) is 9.78. The number of hydrogen-bond acceptors (Lipinski definition) is 1. The smallest absolute Gasteiger partial charge is 0.143 e. The molecule has 1 aliphatic rings. The lowest BCUT2D eigenvalue weighted by molar-refractivity contribution is 0.404. The molecular formula is C28H27OP. The number of rotatable bonds is 5. The van der Waals surface area contributed by atoms with E-state index in [1.165, 1.54) is 10.8 Å². The van der Waals surface area contributed by atoms with Gasteiger partial charge in [0, 0.05) is 16.8 Å². The number of fused-ring (bicyclic) bond motifs is 2. The Bertz CT molecular complexity index is 1220. The Morgan fingerprint density at radius 1 is 0.767 bits per heavy atom. The third kappa shape index (κ3) is 3.53. The highest BCUT2D eigenvalue weighted by Gasteiger charge is 2.32. The SMILES string of the molecule is CC1(CCP(=O)(c2ccc3ccccc3c2)c2ccc3ccccc3c2)C=CCC1. The van der Waals surface area contributed by atoms with E-state index in [4.69, 9.17) is 0 Å². The molecule has 0 heterocycles. The van der Waals surface area contributed by atoms with Crippen LogP contribution in [0.15, 0.2) is 97.1 Å². The summed E-state index contributed by atoms with van der Waals surface area (Å²) >= 11 is 0. The van der Waals surface area contributed by atoms with Crippen molar-refractivity contribution < 1.29 is 4.57 Å². The largest absolute Gasteiger partial charge is 0.314 e. The van der Waals surface area contributed by atoms with E-state index in [0.29, 0.717) is 6.16 Å². The first kappa shape index (κ1) is 19.3. The summed E-state index contributed by atoms with van der Waals surface area (Å²) in [7, 11) is -2.76. The van der Waals surface area contributed by atoms with Crippen LogP contribution in [0, 0.1) is 5.41 Å². The van der Waals surface area contributed by atoms with Crippen LogP contribution in [0.4, 0.5) is 0 Å². The summed E-state index contributed by atoms with van der Waals surface area (Å²) in [4.78, 5) is 0. The lowest BCUT2D eigenvalue weighted by atomic mass is 9.87. The van der Waals surface area contributed by atoms with Crippen LogP contribution in [0.5, 0.6) is 0 Å².